The van der Waals surface area contributed by atoms with Crippen LogP contribution in [0.4, 0.5) is 11.4 Å². The van der Waals surface area contributed by atoms with Gasteiger partial charge < -0.3 is 0 Å². The first-order valence-electron chi connectivity index (χ1n) is 9.18. The number of nitrogens with zero attached hydrogens (tertiary/aromatic N) is 2. The molecule has 0 aliphatic carbocycles. The second kappa shape index (κ2) is 9.09. The van der Waals surface area contributed by atoms with Crippen molar-refractivity contribution in [1.82, 2.24) is 0 Å². The molecule has 1 saturated heterocycles. The molecule has 0 atom stereocenters. The molecule has 0 aromatic heterocycles. The average Bonchev–Trinajstić information content (AvgIpc) is 3.06. The number of sulfonamides is 1. The van der Waals surface area contributed by atoms with Crippen molar-refractivity contribution in [2.45, 2.75) is 4.90 Å². The normalized spacial score (nSPS) is 16.8. The van der Waals surface area contributed by atoms with E-state index in [4.69, 9.17) is 28.3 Å². The van der Waals surface area contributed by atoms with Gasteiger partial charge >= 0.3 is 0 Å². The van der Waals surface area contributed by atoms with E-state index in [0.29, 0.717) is 37.1 Å². The molecule has 3 aromatic rings. The van der Waals surface area contributed by atoms with Crippen molar-refractivity contribution in [2.75, 3.05) is 4.90 Å². The van der Waals surface area contributed by atoms with Crippen molar-refractivity contribution in [2.24, 2.45) is 10.1 Å². The van der Waals surface area contributed by atoms with Crippen LogP contribution in [0.3, 0.4) is 0 Å². The van der Waals surface area contributed by atoms with Gasteiger partial charge in [-0.2, -0.15) is 0 Å². The Labute approximate surface area is 199 Å². The Kier molecular flexibility index (Phi) is 6.41. The van der Waals surface area contributed by atoms with E-state index in [-0.39, 0.29) is 10.8 Å². The summed E-state index contributed by atoms with van der Waals surface area (Å²) in [5, 5.41) is 6.40. The summed E-state index contributed by atoms with van der Waals surface area (Å²) in [5.74, 6) is -0.280. The maximum atomic E-state index is 13.3. The molecule has 0 unspecified atom stereocenters. The monoisotopic (exact) mass is 503 g/mol. The van der Waals surface area contributed by atoms with Gasteiger partial charge in [0.1, 0.15) is 0 Å². The summed E-state index contributed by atoms with van der Waals surface area (Å²) < 4.78 is 23.0. The smallest absolute Gasteiger partial charge is 0.268 e. The molecule has 0 radical (unpaired) electrons. The highest BCUT2D eigenvalue weighted by molar-refractivity contribution is 8.19. The molecule has 4 rings (SSSR count). The summed E-state index contributed by atoms with van der Waals surface area (Å²) in [7, 11) is -3.81. The third kappa shape index (κ3) is 4.74. The summed E-state index contributed by atoms with van der Waals surface area (Å²) in [6.45, 7) is 0. The molecule has 3 aromatic carbocycles. The molecule has 10 heteroatoms. The Morgan fingerprint density at radius 3 is 2.12 bits per heavy atom. The van der Waals surface area contributed by atoms with E-state index in [1.807, 2.05) is 18.2 Å². The number of nitrogens with two attached hydrogens (primary N) is 1. The maximum absolute atomic E-state index is 13.3. The molecule has 162 valence electrons. The molecular weight excluding hydrogens is 489 g/mol. The number of hydrogen-bond donors (Lipinski definition) is 1. The van der Waals surface area contributed by atoms with Crippen LogP contribution < -0.4 is 10.0 Å². The number of anilines is 1. The third-order valence-corrected chi connectivity index (χ3v) is 7.04. The Morgan fingerprint density at radius 1 is 0.906 bits per heavy atom. The molecule has 1 heterocycles. The minimum absolute atomic E-state index is 0.0227. The first-order valence-corrected chi connectivity index (χ1v) is 12.3. The van der Waals surface area contributed by atoms with Crippen LogP contribution in [0.2, 0.25) is 10.0 Å². The molecule has 0 saturated carbocycles. The molecular formula is C22H15Cl2N3O3S2. The van der Waals surface area contributed by atoms with E-state index in [9.17, 15) is 13.2 Å². The number of amidine groups is 1. The SMILES string of the molecule is NS(=O)(=O)c1ccc(N=C2SC(=Cc3c(Cl)cccc3Cl)C(=O)N2c2ccccc2)cc1. The van der Waals surface area contributed by atoms with Crippen molar-refractivity contribution < 1.29 is 13.2 Å². The number of rotatable bonds is 4. The van der Waals surface area contributed by atoms with Gasteiger partial charge in [0.05, 0.1) is 21.2 Å². The lowest BCUT2D eigenvalue weighted by Gasteiger charge is -2.15. The number of aliphatic imine (C=N–C) groups is 1. The zero-order chi connectivity index (χ0) is 22.9. The Balaban J connectivity index is 1.78. The summed E-state index contributed by atoms with van der Waals surface area (Å²) in [4.78, 5) is 19.7. The lowest BCUT2D eigenvalue weighted by Crippen LogP contribution is -2.28. The van der Waals surface area contributed by atoms with Crippen LogP contribution in [0.15, 0.2) is 87.6 Å². The minimum Gasteiger partial charge on any atom is -0.268 e. The second-order valence-corrected chi connectivity index (χ2v) is 10.0. The van der Waals surface area contributed by atoms with Gasteiger partial charge in [0.25, 0.3) is 5.91 Å². The number of thioether (sulfide) groups is 1. The number of para-hydroxylation sites is 1. The third-order valence-electron chi connectivity index (χ3n) is 4.49. The van der Waals surface area contributed by atoms with E-state index in [1.165, 1.54) is 40.9 Å². The van der Waals surface area contributed by atoms with E-state index in [2.05, 4.69) is 4.99 Å². The number of halogens is 2. The van der Waals surface area contributed by atoms with E-state index in [1.54, 1.807) is 36.4 Å². The highest BCUT2D eigenvalue weighted by Crippen LogP contribution is 2.39. The van der Waals surface area contributed by atoms with Gasteiger partial charge in [-0.1, -0.05) is 47.5 Å². The summed E-state index contributed by atoms with van der Waals surface area (Å²) >= 11 is 13.7. The number of hydrogen-bond acceptors (Lipinski definition) is 5. The van der Waals surface area contributed by atoms with Gasteiger partial charge in [-0.05, 0) is 66.4 Å². The largest absolute Gasteiger partial charge is 0.271 e. The predicted octanol–water partition coefficient (Wildman–Crippen LogP) is 5.45. The first kappa shape index (κ1) is 22.6. The average molecular weight is 504 g/mol. The highest BCUT2D eigenvalue weighted by atomic mass is 35.5. The Hall–Kier alpha value is -2.62. The van der Waals surface area contributed by atoms with Gasteiger partial charge in [0.2, 0.25) is 10.0 Å². The molecule has 1 aliphatic rings. The van der Waals surface area contributed by atoms with Crippen LogP contribution in [-0.2, 0) is 14.8 Å². The molecule has 0 spiro atoms. The standard InChI is InChI=1S/C22H15Cl2N3O3S2/c23-18-7-4-8-19(24)17(18)13-20-21(28)27(15-5-2-1-3-6-15)22(31-20)26-14-9-11-16(12-10-14)32(25,29)30/h1-13H,(H2,25,29,30). The summed E-state index contributed by atoms with van der Waals surface area (Å²) in [6.07, 6.45) is 1.64. The van der Waals surface area contributed by atoms with E-state index >= 15 is 0 Å². The minimum atomic E-state index is -3.81. The quantitative estimate of drug-likeness (QED) is 0.479. The number of primary sulfonamides is 1. The second-order valence-electron chi connectivity index (χ2n) is 6.66. The van der Waals surface area contributed by atoms with Gasteiger partial charge in [-0.3, -0.25) is 9.69 Å². The van der Waals surface area contributed by atoms with Crippen LogP contribution in [-0.4, -0.2) is 19.5 Å². The van der Waals surface area contributed by atoms with E-state index < -0.39 is 10.0 Å². The van der Waals surface area contributed by atoms with Gasteiger partial charge in [0.15, 0.2) is 5.17 Å². The Morgan fingerprint density at radius 2 is 1.53 bits per heavy atom. The zero-order valence-corrected chi connectivity index (χ0v) is 19.4. The summed E-state index contributed by atoms with van der Waals surface area (Å²) in [6, 6.07) is 20.0. The zero-order valence-electron chi connectivity index (χ0n) is 16.3. The van der Waals surface area contributed by atoms with Crippen LogP contribution in [0.1, 0.15) is 5.56 Å². The number of amides is 1. The molecule has 1 fully saturated rings. The highest BCUT2D eigenvalue weighted by Gasteiger charge is 2.35. The Bertz CT molecular complexity index is 1340. The molecule has 32 heavy (non-hydrogen) atoms. The van der Waals surface area contributed by atoms with Gasteiger partial charge in [0, 0.05) is 15.6 Å². The summed E-state index contributed by atoms with van der Waals surface area (Å²) in [5.41, 5.74) is 1.64. The fourth-order valence-corrected chi connectivity index (χ4v) is 4.96. The molecule has 6 nitrogen and oxygen atoms in total. The number of carbonyl (C=O) groups excluding carboxylic acids is 1. The van der Waals surface area contributed by atoms with Crippen molar-refractivity contribution >= 4 is 73.5 Å². The fourth-order valence-electron chi connectivity index (χ4n) is 2.95. The van der Waals surface area contributed by atoms with Crippen molar-refractivity contribution in [3.63, 3.8) is 0 Å². The van der Waals surface area contributed by atoms with Crippen LogP contribution in [0, 0.1) is 0 Å². The van der Waals surface area contributed by atoms with Crippen molar-refractivity contribution in [1.29, 1.82) is 0 Å². The predicted molar refractivity (Wildman–Crippen MR) is 131 cm³/mol. The number of benzene rings is 3. The van der Waals surface area contributed by atoms with Crippen LogP contribution >= 0.6 is 35.0 Å². The van der Waals surface area contributed by atoms with Gasteiger partial charge in [-0.15, -0.1) is 0 Å². The molecule has 1 aliphatic heterocycles. The first-order chi connectivity index (χ1) is 15.2. The lowest BCUT2D eigenvalue weighted by atomic mass is 10.2. The van der Waals surface area contributed by atoms with Crippen molar-refractivity contribution in [3.05, 3.63) is 93.3 Å². The van der Waals surface area contributed by atoms with Crippen LogP contribution in [0.25, 0.3) is 6.08 Å². The maximum Gasteiger partial charge on any atom is 0.271 e. The molecule has 2 N–H and O–H groups in total. The lowest BCUT2D eigenvalue weighted by molar-refractivity contribution is -0.113. The van der Waals surface area contributed by atoms with Gasteiger partial charge in [-0.25, -0.2) is 18.5 Å². The number of carbonyl (C=O) groups is 1. The van der Waals surface area contributed by atoms with Crippen LogP contribution in [0.5, 0.6) is 0 Å². The van der Waals surface area contributed by atoms with E-state index in [0.717, 1.165) is 0 Å². The van der Waals surface area contributed by atoms with Crippen molar-refractivity contribution in [3.8, 4) is 0 Å². The topological polar surface area (TPSA) is 92.8 Å². The fraction of sp³-hybridized carbons (Fsp3) is 0. The molecule has 1 amide bonds. The molecule has 0 bridgehead atoms.